The van der Waals surface area contributed by atoms with Gasteiger partial charge in [-0.25, -0.2) is 4.79 Å². The van der Waals surface area contributed by atoms with Gasteiger partial charge in [0.1, 0.15) is 0 Å². The Balaban J connectivity index is 4.76. The number of ether oxygens (including phenoxy) is 3. The molecule has 86 valence electrons. The Hall–Kier alpha value is -1.59. The molecular formula is C9H14O6. The fraction of sp³-hybridized carbons (Fsp3) is 0.667. The van der Waals surface area contributed by atoms with Crippen molar-refractivity contribution in [1.29, 1.82) is 0 Å². The molecule has 15 heavy (non-hydrogen) atoms. The van der Waals surface area contributed by atoms with Gasteiger partial charge in [-0.2, -0.15) is 0 Å². The van der Waals surface area contributed by atoms with Crippen LogP contribution in [-0.4, -0.2) is 37.7 Å². The summed E-state index contributed by atoms with van der Waals surface area (Å²) >= 11 is 0. The fourth-order valence-electron chi connectivity index (χ4n) is 1.03. The van der Waals surface area contributed by atoms with E-state index in [9.17, 15) is 14.4 Å². The zero-order valence-corrected chi connectivity index (χ0v) is 9.16. The predicted octanol–water partition coefficient (Wildman–Crippen LogP) is 0.0443. The molecule has 0 saturated heterocycles. The highest BCUT2D eigenvalue weighted by molar-refractivity contribution is 5.87. The topological polar surface area (TPSA) is 78.9 Å². The molecule has 0 aromatic carbocycles. The molecule has 0 spiro atoms. The van der Waals surface area contributed by atoms with Crippen LogP contribution in [0.1, 0.15) is 20.3 Å². The van der Waals surface area contributed by atoms with Gasteiger partial charge in [-0.05, 0) is 6.92 Å². The summed E-state index contributed by atoms with van der Waals surface area (Å²) < 4.78 is 13.6. The van der Waals surface area contributed by atoms with E-state index in [1.54, 1.807) is 0 Å². The molecule has 0 fully saturated rings. The maximum atomic E-state index is 11.3. The first-order valence-corrected chi connectivity index (χ1v) is 4.20. The van der Waals surface area contributed by atoms with Crippen LogP contribution >= 0.6 is 0 Å². The Morgan fingerprint density at radius 2 is 1.67 bits per heavy atom. The monoisotopic (exact) mass is 218 g/mol. The molecule has 0 aliphatic heterocycles. The van der Waals surface area contributed by atoms with Gasteiger partial charge in [0.2, 0.25) is 5.60 Å². The lowest BCUT2D eigenvalue weighted by molar-refractivity contribution is -0.181. The molecule has 0 heterocycles. The molecule has 0 aliphatic rings. The molecule has 1 atom stereocenters. The highest BCUT2D eigenvalue weighted by Crippen LogP contribution is 2.18. The number of rotatable bonds is 4. The van der Waals surface area contributed by atoms with Crippen LogP contribution in [0.4, 0.5) is 0 Å². The van der Waals surface area contributed by atoms with Crippen LogP contribution in [0.3, 0.4) is 0 Å². The first-order valence-electron chi connectivity index (χ1n) is 4.20. The first kappa shape index (κ1) is 13.4. The third-order valence-electron chi connectivity index (χ3n) is 1.70. The Labute approximate surface area is 87.5 Å². The van der Waals surface area contributed by atoms with Gasteiger partial charge in [0.25, 0.3) is 0 Å². The number of methoxy groups -OCH3 is 2. The highest BCUT2D eigenvalue weighted by atomic mass is 16.6. The van der Waals surface area contributed by atoms with Crippen molar-refractivity contribution >= 4 is 17.9 Å². The predicted molar refractivity (Wildman–Crippen MR) is 48.8 cm³/mol. The Kier molecular flexibility index (Phi) is 4.77. The summed E-state index contributed by atoms with van der Waals surface area (Å²) in [4.78, 5) is 33.1. The summed E-state index contributed by atoms with van der Waals surface area (Å²) in [5, 5.41) is 0. The smallest absolute Gasteiger partial charge is 0.350 e. The second kappa shape index (κ2) is 5.33. The van der Waals surface area contributed by atoms with Crippen LogP contribution in [0, 0.1) is 0 Å². The maximum Gasteiger partial charge on any atom is 0.350 e. The van der Waals surface area contributed by atoms with Crippen molar-refractivity contribution in [3.63, 3.8) is 0 Å². The maximum absolute atomic E-state index is 11.3. The van der Waals surface area contributed by atoms with Crippen LogP contribution in [-0.2, 0) is 28.6 Å². The number of esters is 3. The largest absolute Gasteiger partial charge is 0.469 e. The second-order valence-electron chi connectivity index (χ2n) is 3.07. The van der Waals surface area contributed by atoms with E-state index >= 15 is 0 Å². The number of hydrogen-bond acceptors (Lipinski definition) is 6. The normalized spacial score (nSPS) is 13.6. The second-order valence-corrected chi connectivity index (χ2v) is 3.07. The van der Waals surface area contributed by atoms with Crippen molar-refractivity contribution in [2.45, 2.75) is 25.9 Å². The van der Waals surface area contributed by atoms with Crippen LogP contribution in [0.15, 0.2) is 0 Å². The van der Waals surface area contributed by atoms with Crippen LogP contribution in [0.2, 0.25) is 0 Å². The van der Waals surface area contributed by atoms with E-state index in [1.165, 1.54) is 14.0 Å². The zero-order chi connectivity index (χ0) is 12.1. The SMILES string of the molecule is COC(=O)C[C@@](C)(OC(C)=O)C(=O)OC. The third kappa shape index (κ3) is 3.97. The van der Waals surface area contributed by atoms with E-state index in [1.807, 2.05) is 0 Å². The van der Waals surface area contributed by atoms with Gasteiger partial charge in [0.15, 0.2) is 0 Å². The molecule has 6 heteroatoms. The van der Waals surface area contributed by atoms with Gasteiger partial charge >= 0.3 is 17.9 Å². The third-order valence-corrected chi connectivity index (χ3v) is 1.70. The standard InChI is InChI=1S/C9H14O6/c1-6(10)15-9(2,8(12)14-4)5-7(11)13-3/h5H2,1-4H3/t9-/m1/s1. The van der Waals surface area contributed by atoms with Crippen LogP contribution in [0.5, 0.6) is 0 Å². The molecule has 0 radical (unpaired) electrons. The summed E-state index contributed by atoms with van der Waals surface area (Å²) in [6.45, 7) is 2.43. The minimum Gasteiger partial charge on any atom is -0.469 e. The van der Waals surface area contributed by atoms with Crippen LogP contribution in [0.25, 0.3) is 0 Å². The van der Waals surface area contributed by atoms with Gasteiger partial charge in [0, 0.05) is 6.92 Å². The summed E-state index contributed by atoms with van der Waals surface area (Å²) in [5.74, 6) is -2.14. The average Bonchev–Trinajstić information content (AvgIpc) is 2.14. The minimum absolute atomic E-state index is 0.379. The van der Waals surface area contributed by atoms with Crippen molar-refractivity contribution in [2.24, 2.45) is 0 Å². The van der Waals surface area contributed by atoms with E-state index in [0.29, 0.717) is 0 Å². The van der Waals surface area contributed by atoms with Crippen molar-refractivity contribution in [2.75, 3.05) is 14.2 Å². The van der Waals surface area contributed by atoms with E-state index in [0.717, 1.165) is 14.0 Å². The molecule has 6 nitrogen and oxygen atoms in total. The highest BCUT2D eigenvalue weighted by Gasteiger charge is 2.40. The van der Waals surface area contributed by atoms with E-state index < -0.39 is 23.5 Å². The summed E-state index contributed by atoms with van der Waals surface area (Å²) in [5.41, 5.74) is -1.63. The molecule has 0 rings (SSSR count). The Bertz CT molecular complexity index is 272. The number of carbonyl (C=O) groups is 3. The zero-order valence-electron chi connectivity index (χ0n) is 9.16. The van der Waals surface area contributed by atoms with Crippen molar-refractivity contribution < 1.29 is 28.6 Å². The van der Waals surface area contributed by atoms with E-state index in [-0.39, 0.29) is 6.42 Å². The molecule has 0 unspecified atom stereocenters. The van der Waals surface area contributed by atoms with Gasteiger partial charge in [-0.15, -0.1) is 0 Å². The summed E-state index contributed by atoms with van der Waals surface area (Å²) in [7, 11) is 2.31. The molecule has 0 amide bonds. The van der Waals surface area contributed by atoms with Crippen molar-refractivity contribution in [3.05, 3.63) is 0 Å². The number of carbonyl (C=O) groups excluding carboxylic acids is 3. The molecule has 0 saturated carbocycles. The lowest BCUT2D eigenvalue weighted by atomic mass is 10.0. The Morgan fingerprint density at radius 3 is 2.00 bits per heavy atom. The molecule has 0 bridgehead atoms. The molecule has 0 N–H and O–H groups in total. The Morgan fingerprint density at radius 1 is 1.13 bits per heavy atom. The van der Waals surface area contributed by atoms with Gasteiger partial charge in [-0.1, -0.05) is 0 Å². The summed E-state index contributed by atoms with van der Waals surface area (Å²) in [6.07, 6.45) is -0.379. The van der Waals surface area contributed by atoms with Gasteiger partial charge in [0.05, 0.1) is 20.6 Å². The van der Waals surface area contributed by atoms with E-state index in [4.69, 9.17) is 4.74 Å². The van der Waals surface area contributed by atoms with E-state index in [2.05, 4.69) is 9.47 Å². The lowest BCUT2D eigenvalue weighted by Crippen LogP contribution is -2.43. The lowest BCUT2D eigenvalue weighted by Gasteiger charge is -2.24. The fourth-order valence-corrected chi connectivity index (χ4v) is 1.03. The van der Waals surface area contributed by atoms with Crippen LogP contribution < -0.4 is 0 Å². The minimum atomic E-state index is -1.63. The molecular weight excluding hydrogens is 204 g/mol. The van der Waals surface area contributed by atoms with Crippen molar-refractivity contribution in [3.8, 4) is 0 Å². The van der Waals surface area contributed by atoms with Gasteiger partial charge < -0.3 is 14.2 Å². The average molecular weight is 218 g/mol. The van der Waals surface area contributed by atoms with Crippen molar-refractivity contribution in [1.82, 2.24) is 0 Å². The molecule has 0 aromatic rings. The molecule has 0 aliphatic carbocycles. The quantitative estimate of drug-likeness (QED) is 0.490. The summed E-state index contributed by atoms with van der Waals surface area (Å²) in [6, 6.07) is 0. The van der Waals surface area contributed by atoms with Gasteiger partial charge in [-0.3, -0.25) is 9.59 Å². The first-order chi connectivity index (χ1) is 6.85. The number of hydrogen-bond donors (Lipinski definition) is 0. The molecule has 0 aromatic heterocycles.